The summed E-state index contributed by atoms with van der Waals surface area (Å²) in [7, 11) is 3.45. The largest absolute Gasteiger partial charge is 0.497 e. The molecule has 1 amide bonds. The van der Waals surface area contributed by atoms with Crippen molar-refractivity contribution >= 4 is 11.6 Å². The molecule has 3 heterocycles. The van der Waals surface area contributed by atoms with Crippen LogP contribution < -0.4 is 15.0 Å². The van der Waals surface area contributed by atoms with Crippen molar-refractivity contribution < 1.29 is 14.3 Å². The third kappa shape index (κ3) is 4.49. The molecule has 0 radical (unpaired) electrons. The maximum atomic E-state index is 12.5. The van der Waals surface area contributed by atoms with Gasteiger partial charge >= 0.3 is 0 Å². The Labute approximate surface area is 170 Å². The third-order valence-electron chi connectivity index (χ3n) is 5.57. The van der Waals surface area contributed by atoms with Gasteiger partial charge < -0.3 is 19.3 Å². The minimum atomic E-state index is -0.475. The van der Waals surface area contributed by atoms with Gasteiger partial charge in [-0.25, -0.2) is 9.97 Å². The van der Waals surface area contributed by atoms with E-state index in [1.807, 2.05) is 18.2 Å². The van der Waals surface area contributed by atoms with Crippen molar-refractivity contribution in [2.75, 3.05) is 32.1 Å². The van der Waals surface area contributed by atoms with E-state index >= 15 is 0 Å². The van der Waals surface area contributed by atoms with Gasteiger partial charge in [-0.2, -0.15) is 0 Å². The maximum absolute atomic E-state index is 12.5. The number of carbonyl (C=O) groups is 1. The van der Waals surface area contributed by atoms with E-state index in [2.05, 4.69) is 32.3 Å². The highest BCUT2D eigenvalue weighted by atomic mass is 16.5. The molecule has 0 bridgehead atoms. The molecule has 0 aliphatic carbocycles. The summed E-state index contributed by atoms with van der Waals surface area (Å²) in [5.74, 6) is 0.890. The minimum absolute atomic E-state index is 0.0303. The van der Waals surface area contributed by atoms with Crippen LogP contribution in [0.5, 0.6) is 5.75 Å². The number of ether oxygens (including phenoxy) is 2. The smallest absolute Gasteiger partial charge is 0.227 e. The maximum Gasteiger partial charge on any atom is 0.227 e. The molecule has 3 unspecified atom stereocenters. The number of rotatable bonds is 5. The molecular formula is C21H27N5O3. The van der Waals surface area contributed by atoms with Gasteiger partial charge in [-0.1, -0.05) is 0 Å². The number of amides is 1. The van der Waals surface area contributed by atoms with Crippen molar-refractivity contribution in [3.63, 3.8) is 0 Å². The number of hydrogen-bond acceptors (Lipinski definition) is 7. The Bertz CT molecular complexity index is 817. The van der Waals surface area contributed by atoms with E-state index in [4.69, 9.17) is 9.47 Å². The molecule has 154 valence electrons. The molecule has 3 atom stereocenters. The first-order valence-corrected chi connectivity index (χ1v) is 9.96. The number of aromatic nitrogens is 2. The molecule has 0 saturated carbocycles. The van der Waals surface area contributed by atoms with E-state index < -0.39 is 6.35 Å². The fourth-order valence-corrected chi connectivity index (χ4v) is 3.88. The summed E-state index contributed by atoms with van der Waals surface area (Å²) in [4.78, 5) is 24.7. The molecule has 0 spiro atoms. The molecule has 2 fully saturated rings. The van der Waals surface area contributed by atoms with E-state index in [1.165, 1.54) is 6.33 Å². The monoisotopic (exact) mass is 397 g/mol. The molecule has 2 aliphatic heterocycles. The average Bonchev–Trinajstić information content (AvgIpc) is 2.77. The van der Waals surface area contributed by atoms with Crippen molar-refractivity contribution in [1.82, 2.24) is 20.2 Å². The number of benzene rings is 1. The summed E-state index contributed by atoms with van der Waals surface area (Å²) in [6, 6.07) is 9.75. The highest BCUT2D eigenvalue weighted by Gasteiger charge is 2.35. The lowest BCUT2D eigenvalue weighted by molar-refractivity contribution is -0.166. The quantitative estimate of drug-likeness (QED) is 0.826. The summed E-state index contributed by atoms with van der Waals surface area (Å²) in [5, 5.41) is 3.42. The normalized spacial score (nSPS) is 25.2. The Hall–Kier alpha value is -2.71. The van der Waals surface area contributed by atoms with Gasteiger partial charge in [0, 0.05) is 38.4 Å². The number of hydrogen-bond donors (Lipinski definition) is 1. The first-order valence-electron chi connectivity index (χ1n) is 9.96. The van der Waals surface area contributed by atoms with Crippen LogP contribution in [0, 0.1) is 0 Å². The molecule has 1 aromatic heterocycles. The molecular weight excluding hydrogens is 370 g/mol. The summed E-state index contributed by atoms with van der Waals surface area (Å²) >= 11 is 0. The molecule has 2 aliphatic rings. The number of carbonyl (C=O) groups excluding carboxylic acids is 1. The van der Waals surface area contributed by atoms with Crippen molar-refractivity contribution in [1.29, 1.82) is 0 Å². The highest BCUT2D eigenvalue weighted by Crippen LogP contribution is 2.27. The van der Waals surface area contributed by atoms with Crippen LogP contribution in [0.25, 0.3) is 0 Å². The van der Waals surface area contributed by atoms with Gasteiger partial charge in [-0.15, -0.1) is 0 Å². The molecule has 4 rings (SSSR count). The van der Waals surface area contributed by atoms with Gasteiger partial charge in [-0.05, 0) is 43.2 Å². The Morgan fingerprint density at radius 2 is 2.03 bits per heavy atom. The van der Waals surface area contributed by atoms with E-state index in [9.17, 15) is 4.79 Å². The van der Waals surface area contributed by atoms with E-state index in [0.29, 0.717) is 6.42 Å². The number of piperidine rings is 1. The van der Waals surface area contributed by atoms with Crippen LogP contribution >= 0.6 is 0 Å². The van der Waals surface area contributed by atoms with Gasteiger partial charge in [-0.3, -0.25) is 10.1 Å². The lowest BCUT2D eigenvalue weighted by atomic mass is 10.1. The molecule has 8 nitrogen and oxygen atoms in total. The van der Waals surface area contributed by atoms with Crippen LogP contribution in [0.4, 0.5) is 5.69 Å². The zero-order chi connectivity index (χ0) is 20.2. The van der Waals surface area contributed by atoms with Crippen molar-refractivity contribution in [3.8, 4) is 5.75 Å². The van der Waals surface area contributed by atoms with Crippen LogP contribution in [0.3, 0.4) is 0 Å². The van der Waals surface area contributed by atoms with Gasteiger partial charge in [0.2, 0.25) is 5.91 Å². The Morgan fingerprint density at radius 3 is 2.76 bits per heavy atom. The second-order valence-corrected chi connectivity index (χ2v) is 7.46. The molecule has 2 aromatic rings. The second kappa shape index (κ2) is 8.75. The summed E-state index contributed by atoms with van der Waals surface area (Å²) in [5.41, 5.74) is 1.96. The summed E-state index contributed by atoms with van der Waals surface area (Å²) in [6.07, 6.45) is 5.11. The zero-order valence-corrected chi connectivity index (χ0v) is 16.8. The van der Waals surface area contributed by atoms with E-state index in [-0.39, 0.29) is 18.1 Å². The Morgan fingerprint density at radius 1 is 1.21 bits per heavy atom. The number of anilines is 1. The third-order valence-corrected chi connectivity index (χ3v) is 5.57. The van der Waals surface area contributed by atoms with E-state index in [0.717, 1.165) is 43.1 Å². The fourth-order valence-electron chi connectivity index (χ4n) is 3.88. The first-order chi connectivity index (χ1) is 14.1. The van der Waals surface area contributed by atoms with Crippen LogP contribution in [-0.2, 0) is 9.53 Å². The summed E-state index contributed by atoms with van der Waals surface area (Å²) in [6.45, 7) is 1.77. The van der Waals surface area contributed by atoms with Gasteiger partial charge in [0.05, 0.1) is 24.9 Å². The number of methoxy groups -OCH3 is 1. The van der Waals surface area contributed by atoms with Crippen molar-refractivity contribution in [2.24, 2.45) is 0 Å². The van der Waals surface area contributed by atoms with Gasteiger partial charge in [0.15, 0.2) is 6.35 Å². The minimum Gasteiger partial charge on any atom is -0.497 e. The second-order valence-electron chi connectivity index (χ2n) is 7.46. The lowest BCUT2D eigenvalue weighted by Crippen LogP contribution is -2.57. The molecule has 29 heavy (non-hydrogen) atoms. The standard InChI is InChI=1S/C21H27N5O3/c1-25-20(27)12-19(18-9-10-22-14-23-18)24-21(25)29-17-4-3-11-26(13-17)15-5-7-16(28-2)8-6-15/h5-10,14,17,19,21,24H,3-4,11-13H2,1-2H3. The van der Waals surface area contributed by atoms with Crippen LogP contribution in [0.15, 0.2) is 42.9 Å². The molecule has 2 saturated heterocycles. The highest BCUT2D eigenvalue weighted by molar-refractivity contribution is 5.77. The predicted octanol–water partition coefficient (Wildman–Crippen LogP) is 1.95. The Balaban J connectivity index is 1.42. The number of nitrogens with one attached hydrogen (secondary N) is 1. The van der Waals surface area contributed by atoms with E-state index in [1.54, 1.807) is 25.3 Å². The van der Waals surface area contributed by atoms with Crippen LogP contribution in [-0.4, -0.2) is 60.5 Å². The van der Waals surface area contributed by atoms with Crippen LogP contribution in [0.2, 0.25) is 0 Å². The molecule has 1 N–H and O–H groups in total. The molecule has 8 heteroatoms. The zero-order valence-electron chi connectivity index (χ0n) is 16.8. The number of nitrogens with zero attached hydrogens (tertiary/aromatic N) is 4. The lowest BCUT2D eigenvalue weighted by Gasteiger charge is -2.41. The van der Waals surface area contributed by atoms with Gasteiger partial charge in [0.25, 0.3) is 0 Å². The Kier molecular flexibility index (Phi) is 5.92. The first kappa shape index (κ1) is 19.6. The summed E-state index contributed by atoms with van der Waals surface area (Å²) < 4.78 is 11.6. The van der Waals surface area contributed by atoms with Gasteiger partial charge in [0.1, 0.15) is 12.1 Å². The van der Waals surface area contributed by atoms with Crippen molar-refractivity contribution in [3.05, 3.63) is 48.5 Å². The van der Waals surface area contributed by atoms with Crippen LogP contribution in [0.1, 0.15) is 31.0 Å². The predicted molar refractivity (Wildman–Crippen MR) is 108 cm³/mol. The topological polar surface area (TPSA) is 79.8 Å². The molecule has 1 aromatic carbocycles. The SMILES string of the molecule is COc1ccc(N2CCCC(OC3NC(c4ccncn4)CC(=O)N3C)C2)cc1. The van der Waals surface area contributed by atoms with Crippen molar-refractivity contribution in [2.45, 2.75) is 37.8 Å². The average molecular weight is 397 g/mol. The fraction of sp³-hybridized carbons (Fsp3) is 0.476.